The van der Waals surface area contributed by atoms with Gasteiger partial charge in [0.2, 0.25) is 0 Å². The van der Waals surface area contributed by atoms with Crippen molar-refractivity contribution in [2.45, 2.75) is 46.0 Å². The zero-order valence-electron chi connectivity index (χ0n) is 9.71. The summed E-state index contributed by atoms with van der Waals surface area (Å²) >= 11 is 0. The molecule has 82 valence electrons. The summed E-state index contributed by atoms with van der Waals surface area (Å²) < 4.78 is 0. The van der Waals surface area contributed by atoms with Crippen LogP contribution in [-0.2, 0) is 0 Å². The third-order valence-corrected chi connectivity index (χ3v) is 2.28. The zero-order chi connectivity index (χ0) is 10.6. The summed E-state index contributed by atoms with van der Waals surface area (Å²) in [4.78, 5) is 0. The molecule has 0 aromatic heterocycles. The number of hydrogen-bond donors (Lipinski definition) is 1. The van der Waals surface area contributed by atoms with Crippen LogP contribution in [0.1, 0.15) is 46.0 Å². The van der Waals surface area contributed by atoms with Crippen LogP contribution in [0.15, 0.2) is 24.3 Å². The average molecular weight is 195 g/mol. The van der Waals surface area contributed by atoms with Crippen LogP contribution in [0, 0.1) is 5.92 Å². The molecule has 0 aromatic rings. The second-order valence-electron chi connectivity index (χ2n) is 3.86. The van der Waals surface area contributed by atoms with Gasteiger partial charge in [0, 0.05) is 0 Å². The summed E-state index contributed by atoms with van der Waals surface area (Å²) in [5, 5.41) is 0. The summed E-state index contributed by atoms with van der Waals surface area (Å²) in [6.45, 7) is 5.27. The minimum atomic E-state index is 0.712. The quantitative estimate of drug-likeness (QED) is 0.464. The molecule has 0 aliphatic heterocycles. The van der Waals surface area contributed by atoms with Crippen molar-refractivity contribution in [1.82, 2.24) is 0 Å². The molecular formula is C13H25N. The summed E-state index contributed by atoms with van der Waals surface area (Å²) in [6, 6.07) is 0. The molecule has 0 aliphatic carbocycles. The molecule has 0 rings (SSSR count). The van der Waals surface area contributed by atoms with Crippen molar-refractivity contribution in [2.24, 2.45) is 11.7 Å². The van der Waals surface area contributed by atoms with Crippen LogP contribution in [0.5, 0.6) is 0 Å². The van der Waals surface area contributed by atoms with Crippen molar-refractivity contribution in [3.63, 3.8) is 0 Å². The largest absolute Gasteiger partial charge is 0.330 e. The number of nitrogens with two attached hydrogens (primary N) is 1. The second-order valence-corrected chi connectivity index (χ2v) is 3.86. The van der Waals surface area contributed by atoms with Crippen LogP contribution in [-0.4, -0.2) is 6.54 Å². The predicted molar refractivity (Wildman–Crippen MR) is 65.3 cm³/mol. The Kier molecular flexibility index (Phi) is 10.1. The van der Waals surface area contributed by atoms with Crippen LogP contribution in [0.4, 0.5) is 0 Å². The van der Waals surface area contributed by atoms with E-state index in [1.54, 1.807) is 0 Å². The summed E-state index contributed by atoms with van der Waals surface area (Å²) in [5.74, 6) is 0.712. The van der Waals surface area contributed by atoms with Gasteiger partial charge in [-0.3, -0.25) is 0 Å². The van der Waals surface area contributed by atoms with E-state index in [9.17, 15) is 0 Å². The highest BCUT2D eigenvalue weighted by Gasteiger charge is 1.94. The van der Waals surface area contributed by atoms with E-state index >= 15 is 0 Å². The Labute approximate surface area is 89.1 Å². The van der Waals surface area contributed by atoms with Crippen molar-refractivity contribution in [3.8, 4) is 0 Å². The molecule has 0 aromatic carbocycles. The summed E-state index contributed by atoms with van der Waals surface area (Å²) in [6.07, 6.45) is 15.0. The average Bonchev–Trinajstić information content (AvgIpc) is 2.18. The fourth-order valence-corrected chi connectivity index (χ4v) is 1.34. The number of hydrogen-bond acceptors (Lipinski definition) is 1. The maximum absolute atomic E-state index is 5.38. The van der Waals surface area contributed by atoms with E-state index in [0.717, 1.165) is 13.0 Å². The summed E-state index contributed by atoms with van der Waals surface area (Å²) in [5.41, 5.74) is 5.38. The topological polar surface area (TPSA) is 26.0 Å². The van der Waals surface area contributed by atoms with Crippen molar-refractivity contribution >= 4 is 0 Å². The Morgan fingerprint density at radius 3 is 2.64 bits per heavy atom. The first kappa shape index (κ1) is 13.4. The molecule has 0 saturated carbocycles. The molecule has 1 unspecified atom stereocenters. The van der Waals surface area contributed by atoms with Crippen molar-refractivity contribution in [3.05, 3.63) is 24.3 Å². The molecule has 2 N–H and O–H groups in total. The molecule has 0 spiro atoms. The van der Waals surface area contributed by atoms with Crippen LogP contribution in [0.25, 0.3) is 0 Å². The smallest absolute Gasteiger partial charge is 0.00425 e. The monoisotopic (exact) mass is 195 g/mol. The van der Waals surface area contributed by atoms with Crippen molar-refractivity contribution in [1.29, 1.82) is 0 Å². The van der Waals surface area contributed by atoms with Gasteiger partial charge < -0.3 is 5.73 Å². The lowest BCUT2D eigenvalue weighted by atomic mass is 10.0. The van der Waals surface area contributed by atoms with E-state index in [0.29, 0.717) is 5.92 Å². The van der Waals surface area contributed by atoms with E-state index in [2.05, 4.69) is 38.2 Å². The lowest BCUT2D eigenvalue weighted by molar-refractivity contribution is 0.576. The first-order valence-electron chi connectivity index (χ1n) is 5.84. The Morgan fingerprint density at radius 1 is 1.21 bits per heavy atom. The van der Waals surface area contributed by atoms with E-state index < -0.39 is 0 Å². The fraction of sp³-hybridized carbons (Fsp3) is 0.692. The van der Waals surface area contributed by atoms with Gasteiger partial charge in [0.15, 0.2) is 0 Å². The van der Waals surface area contributed by atoms with Crippen LogP contribution < -0.4 is 5.73 Å². The highest BCUT2D eigenvalue weighted by atomic mass is 14.5. The fourth-order valence-electron chi connectivity index (χ4n) is 1.34. The lowest BCUT2D eigenvalue weighted by Gasteiger charge is -2.03. The van der Waals surface area contributed by atoms with Gasteiger partial charge in [-0.25, -0.2) is 0 Å². The molecule has 0 aliphatic rings. The molecular weight excluding hydrogens is 170 g/mol. The van der Waals surface area contributed by atoms with E-state index in [1.165, 1.54) is 25.7 Å². The molecule has 0 radical (unpaired) electrons. The minimum absolute atomic E-state index is 0.712. The number of unbranched alkanes of at least 4 members (excludes halogenated alkanes) is 2. The highest BCUT2D eigenvalue weighted by molar-refractivity contribution is 5.03. The molecule has 14 heavy (non-hydrogen) atoms. The van der Waals surface area contributed by atoms with E-state index in [1.807, 2.05) is 0 Å². The third kappa shape index (κ3) is 9.53. The summed E-state index contributed by atoms with van der Waals surface area (Å²) in [7, 11) is 0. The van der Waals surface area contributed by atoms with Gasteiger partial charge >= 0.3 is 0 Å². The molecule has 0 fully saturated rings. The highest BCUT2D eigenvalue weighted by Crippen LogP contribution is 2.10. The molecule has 1 heteroatoms. The molecule has 0 saturated heterocycles. The second kappa shape index (κ2) is 10.5. The normalized spacial score (nSPS) is 14.2. The third-order valence-electron chi connectivity index (χ3n) is 2.28. The first-order valence-corrected chi connectivity index (χ1v) is 5.84. The molecule has 0 amide bonds. The number of rotatable bonds is 8. The molecule has 0 heterocycles. The van der Waals surface area contributed by atoms with E-state index in [4.69, 9.17) is 5.73 Å². The van der Waals surface area contributed by atoms with Gasteiger partial charge in [0.25, 0.3) is 0 Å². The number of allylic oxidation sites excluding steroid dienone is 3. The van der Waals surface area contributed by atoms with Crippen LogP contribution in [0.2, 0.25) is 0 Å². The van der Waals surface area contributed by atoms with Gasteiger partial charge in [-0.15, -0.1) is 0 Å². The van der Waals surface area contributed by atoms with E-state index in [-0.39, 0.29) is 0 Å². The minimum Gasteiger partial charge on any atom is -0.330 e. The maximum Gasteiger partial charge on any atom is -0.00425 e. The van der Waals surface area contributed by atoms with Gasteiger partial charge in [0.05, 0.1) is 0 Å². The molecule has 1 nitrogen and oxygen atoms in total. The Balaban J connectivity index is 3.44. The predicted octanol–water partition coefficient (Wildman–Crippen LogP) is 3.66. The Hall–Kier alpha value is -0.560. The lowest BCUT2D eigenvalue weighted by Crippen LogP contribution is -1.94. The van der Waals surface area contributed by atoms with Gasteiger partial charge in [0.1, 0.15) is 0 Å². The van der Waals surface area contributed by atoms with Crippen LogP contribution in [0.3, 0.4) is 0 Å². The Morgan fingerprint density at radius 2 is 2.00 bits per heavy atom. The van der Waals surface area contributed by atoms with Gasteiger partial charge in [-0.2, -0.15) is 0 Å². The molecule has 1 atom stereocenters. The van der Waals surface area contributed by atoms with Crippen molar-refractivity contribution in [2.75, 3.05) is 6.54 Å². The van der Waals surface area contributed by atoms with Crippen LogP contribution >= 0.6 is 0 Å². The Bertz CT molecular complexity index is 159. The van der Waals surface area contributed by atoms with Gasteiger partial charge in [-0.1, -0.05) is 57.4 Å². The standard InChI is InChI=1S/C13H25N/c1-3-4-7-10-13(2)11-8-5-6-9-12-14/h5-6,8,11,13H,3-4,7,9-10,12,14H2,1-2H3/b6-5+,11-8+. The van der Waals surface area contributed by atoms with Gasteiger partial charge in [-0.05, 0) is 25.3 Å². The SMILES string of the molecule is CCCCCC(C)/C=C/C=C/CCN. The molecule has 0 bridgehead atoms. The maximum atomic E-state index is 5.38. The van der Waals surface area contributed by atoms with Crippen molar-refractivity contribution < 1.29 is 0 Å². The first-order chi connectivity index (χ1) is 6.81. The zero-order valence-corrected chi connectivity index (χ0v) is 9.71.